The maximum Gasteiger partial charge on any atom is 0.121 e. The van der Waals surface area contributed by atoms with Crippen LogP contribution in [0.15, 0.2) is 18.2 Å². The van der Waals surface area contributed by atoms with Crippen molar-refractivity contribution in [3.63, 3.8) is 0 Å². The second-order valence-electron chi connectivity index (χ2n) is 5.05. The van der Waals surface area contributed by atoms with Gasteiger partial charge in [0, 0.05) is 18.3 Å². The number of nitrogens with one attached hydrogen (secondary N) is 2. The van der Waals surface area contributed by atoms with E-state index in [4.69, 9.17) is 4.74 Å². The topological polar surface area (TPSA) is 33.3 Å². The van der Waals surface area contributed by atoms with Crippen LogP contribution >= 0.6 is 0 Å². The number of piperidine rings is 1. The molecule has 18 heavy (non-hydrogen) atoms. The van der Waals surface area contributed by atoms with Crippen molar-refractivity contribution >= 4 is 5.69 Å². The Morgan fingerprint density at radius 2 is 2.28 bits per heavy atom. The highest BCUT2D eigenvalue weighted by Crippen LogP contribution is 2.21. The molecule has 0 spiro atoms. The summed E-state index contributed by atoms with van der Waals surface area (Å²) in [4.78, 5) is 0. The number of benzene rings is 1. The molecule has 0 amide bonds. The summed E-state index contributed by atoms with van der Waals surface area (Å²) in [5.74, 6) is 0.953. The summed E-state index contributed by atoms with van der Waals surface area (Å²) in [7, 11) is 1.71. The summed E-state index contributed by atoms with van der Waals surface area (Å²) in [5.41, 5.74) is 2.36. The largest absolute Gasteiger partial charge is 0.496 e. The van der Waals surface area contributed by atoms with E-state index in [-0.39, 0.29) is 0 Å². The molecule has 3 heteroatoms. The second-order valence-corrected chi connectivity index (χ2v) is 5.05. The zero-order valence-corrected chi connectivity index (χ0v) is 11.5. The lowest BCUT2D eigenvalue weighted by molar-refractivity contribution is 0.389. The minimum atomic E-state index is 0.700. The van der Waals surface area contributed by atoms with E-state index in [0.29, 0.717) is 6.04 Å². The van der Waals surface area contributed by atoms with Gasteiger partial charge in [0.05, 0.1) is 7.11 Å². The molecule has 1 fully saturated rings. The van der Waals surface area contributed by atoms with Gasteiger partial charge in [-0.3, -0.25) is 0 Å². The molecule has 2 N–H and O–H groups in total. The smallest absolute Gasteiger partial charge is 0.121 e. The number of methoxy groups -OCH3 is 1. The molecule has 0 radical (unpaired) electrons. The molecule has 1 saturated heterocycles. The first kappa shape index (κ1) is 13.2. The van der Waals surface area contributed by atoms with Gasteiger partial charge < -0.3 is 15.4 Å². The highest BCUT2D eigenvalue weighted by Gasteiger charge is 2.11. The van der Waals surface area contributed by atoms with Gasteiger partial charge in [-0.25, -0.2) is 0 Å². The standard InChI is InChI=1S/C15H24N2O/c1-12-11-14(6-7-15(12)18-2)17-10-8-13-5-3-4-9-16-13/h6-7,11,13,16-17H,3-5,8-10H2,1-2H3. The van der Waals surface area contributed by atoms with Crippen LogP contribution in [-0.4, -0.2) is 26.2 Å². The third-order valence-corrected chi connectivity index (χ3v) is 3.63. The lowest BCUT2D eigenvalue weighted by atomic mass is 10.0. The number of rotatable bonds is 5. The quantitative estimate of drug-likeness (QED) is 0.840. The molecule has 0 aliphatic carbocycles. The summed E-state index contributed by atoms with van der Waals surface area (Å²) in [5, 5.41) is 7.06. The third kappa shape index (κ3) is 3.64. The highest BCUT2D eigenvalue weighted by atomic mass is 16.5. The van der Waals surface area contributed by atoms with Gasteiger partial charge in [0.15, 0.2) is 0 Å². The molecule has 1 aliphatic rings. The van der Waals surface area contributed by atoms with E-state index < -0.39 is 0 Å². The molecule has 1 aromatic carbocycles. The number of aryl methyl sites for hydroxylation is 1. The lowest BCUT2D eigenvalue weighted by Crippen LogP contribution is -2.35. The summed E-state index contributed by atoms with van der Waals surface area (Å²) in [6, 6.07) is 6.95. The van der Waals surface area contributed by atoms with E-state index in [1.807, 2.05) is 6.07 Å². The Bertz CT molecular complexity index is 373. The van der Waals surface area contributed by atoms with Crippen LogP contribution in [0, 0.1) is 6.92 Å². The van der Waals surface area contributed by atoms with Crippen LogP contribution in [0.3, 0.4) is 0 Å². The summed E-state index contributed by atoms with van der Waals surface area (Å²) in [6.07, 6.45) is 5.23. The van der Waals surface area contributed by atoms with Crippen molar-refractivity contribution in [3.05, 3.63) is 23.8 Å². The third-order valence-electron chi connectivity index (χ3n) is 3.63. The fraction of sp³-hybridized carbons (Fsp3) is 0.600. The molecular formula is C15H24N2O. The maximum absolute atomic E-state index is 5.26. The van der Waals surface area contributed by atoms with Gasteiger partial charge in [-0.15, -0.1) is 0 Å². The van der Waals surface area contributed by atoms with E-state index in [1.165, 1.54) is 43.5 Å². The Kier molecular flexibility index (Phi) is 4.88. The minimum absolute atomic E-state index is 0.700. The van der Waals surface area contributed by atoms with Crippen molar-refractivity contribution in [2.45, 2.75) is 38.6 Å². The van der Waals surface area contributed by atoms with Gasteiger partial charge in [-0.1, -0.05) is 6.42 Å². The summed E-state index contributed by atoms with van der Waals surface area (Å²) >= 11 is 0. The first-order valence-electron chi connectivity index (χ1n) is 6.91. The molecule has 1 aromatic rings. The van der Waals surface area contributed by atoms with Crippen LogP contribution in [0.25, 0.3) is 0 Å². The average molecular weight is 248 g/mol. The van der Waals surface area contributed by atoms with Crippen molar-refractivity contribution in [2.24, 2.45) is 0 Å². The number of hydrogen-bond donors (Lipinski definition) is 2. The average Bonchev–Trinajstić information content (AvgIpc) is 2.40. The summed E-state index contributed by atoms with van der Waals surface area (Å²) < 4.78 is 5.26. The monoisotopic (exact) mass is 248 g/mol. The van der Waals surface area contributed by atoms with Gasteiger partial charge in [0.1, 0.15) is 5.75 Å². The van der Waals surface area contributed by atoms with E-state index in [1.54, 1.807) is 7.11 Å². The Balaban J connectivity index is 1.77. The molecule has 1 atom stereocenters. The van der Waals surface area contributed by atoms with Crippen molar-refractivity contribution in [1.82, 2.24) is 5.32 Å². The van der Waals surface area contributed by atoms with E-state index in [2.05, 4.69) is 29.7 Å². The number of anilines is 1. The van der Waals surface area contributed by atoms with Gasteiger partial charge in [-0.05, 0) is 56.5 Å². The van der Waals surface area contributed by atoms with Crippen LogP contribution < -0.4 is 15.4 Å². The minimum Gasteiger partial charge on any atom is -0.496 e. The predicted molar refractivity (Wildman–Crippen MR) is 76.5 cm³/mol. The Labute approximate surface area is 110 Å². The maximum atomic E-state index is 5.26. The first-order chi connectivity index (χ1) is 8.79. The molecule has 2 rings (SSSR count). The molecule has 0 aromatic heterocycles. The van der Waals surface area contributed by atoms with Crippen LogP contribution in [0.4, 0.5) is 5.69 Å². The summed E-state index contributed by atoms with van der Waals surface area (Å²) in [6.45, 7) is 4.29. The van der Waals surface area contributed by atoms with E-state index in [9.17, 15) is 0 Å². The van der Waals surface area contributed by atoms with Crippen molar-refractivity contribution in [2.75, 3.05) is 25.5 Å². The number of hydrogen-bond acceptors (Lipinski definition) is 3. The zero-order valence-electron chi connectivity index (χ0n) is 11.5. The van der Waals surface area contributed by atoms with Crippen LogP contribution in [-0.2, 0) is 0 Å². The zero-order chi connectivity index (χ0) is 12.8. The van der Waals surface area contributed by atoms with Crippen molar-refractivity contribution in [3.8, 4) is 5.75 Å². The fourth-order valence-electron chi connectivity index (χ4n) is 2.55. The molecule has 1 heterocycles. The fourth-order valence-corrected chi connectivity index (χ4v) is 2.55. The molecule has 3 nitrogen and oxygen atoms in total. The van der Waals surface area contributed by atoms with E-state index in [0.717, 1.165) is 12.3 Å². The highest BCUT2D eigenvalue weighted by molar-refractivity contribution is 5.50. The molecule has 1 aliphatic heterocycles. The van der Waals surface area contributed by atoms with Gasteiger partial charge >= 0.3 is 0 Å². The molecule has 0 bridgehead atoms. The first-order valence-corrected chi connectivity index (χ1v) is 6.91. The molecule has 0 saturated carbocycles. The van der Waals surface area contributed by atoms with Gasteiger partial charge in [-0.2, -0.15) is 0 Å². The normalized spacial score (nSPS) is 19.6. The number of ether oxygens (including phenoxy) is 1. The molecule has 1 unspecified atom stereocenters. The van der Waals surface area contributed by atoms with Crippen molar-refractivity contribution < 1.29 is 4.74 Å². The molecular weight excluding hydrogens is 224 g/mol. The van der Waals surface area contributed by atoms with Crippen LogP contribution in [0.5, 0.6) is 5.75 Å². The van der Waals surface area contributed by atoms with Crippen molar-refractivity contribution in [1.29, 1.82) is 0 Å². The Hall–Kier alpha value is -1.22. The van der Waals surface area contributed by atoms with Gasteiger partial charge in [0.2, 0.25) is 0 Å². The SMILES string of the molecule is COc1ccc(NCCC2CCCCN2)cc1C. The Morgan fingerprint density at radius 1 is 1.39 bits per heavy atom. The van der Waals surface area contributed by atoms with E-state index >= 15 is 0 Å². The predicted octanol–water partition coefficient (Wildman–Crippen LogP) is 2.95. The van der Waals surface area contributed by atoms with Gasteiger partial charge in [0.25, 0.3) is 0 Å². The van der Waals surface area contributed by atoms with Crippen LogP contribution in [0.1, 0.15) is 31.2 Å². The second kappa shape index (κ2) is 6.64. The Morgan fingerprint density at radius 3 is 2.94 bits per heavy atom. The van der Waals surface area contributed by atoms with Crippen LogP contribution in [0.2, 0.25) is 0 Å². The molecule has 100 valence electrons. The lowest BCUT2D eigenvalue weighted by Gasteiger charge is -2.23.